The maximum absolute atomic E-state index is 12.6. The summed E-state index contributed by atoms with van der Waals surface area (Å²) in [4.78, 5) is 24.9. The molecule has 1 saturated carbocycles. The third-order valence-corrected chi connectivity index (χ3v) is 4.93. The van der Waals surface area contributed by atoms with E-state index in [0.717, 1.165) is 42.6 Å². The topological polar surface area (TPSA) is 67.4 Å². The third-order valence-electron chi connectivity index (χ3n) is 4.93. The van der Waals surface area contributed by atoms with Crippen molar-refractivity contribution in [3.63, 3.8) is 0 Å². The van der Waals surface area contributed by atoms with E-state index in [2.05, 4.69) is 16.7 Å². The van der Waals surface area contributed by atoms with E-state index in [-0.39, 0.29) is 30.9 Å². The van der Waals surface area contributed by atoms with Crippen molar-refractivity contribution in [2.75, 3.05) is 11.9 Å². The SMILES string of the molecule is Cc1cc(C)cc(OCCC(=O)Nc2ccccc2C(=O)NC2CCCC2)c1. The van der Waals surface area contributed by atoms with Gasteiger partial charge >= 0.3 is 0 Å². The molecule has 0 saturated heterocycles. The summed E-state index contributed by atoms with van der Waals surface area (Å²) in [7, 11) is 0. The van der Waals surface area contributed by atoms with E-state index < -0.39 is 0 Å². The van der Waals surface area contributed by atoms with Gasteiger partial charge in [0.15, 0.2) is 0 Å². The minimum atomic E-state index is -0.175. The number of benzene rings is 2. The predicted molar refractivity (Wildman–Crippen MR) is 111 cm³/mol. The number of nitrogens with one attached hydrogen (secondary N) is 2. The second-order valence-corrected chi connectivity index (χ2v) is 7.47. The van der Waals surface area contributed by atoms with Gasteiger partial charge in [0, 0.05) is 6.04 Å². The average molecular weight is 380 g/mol. The van der Waals surface area contributed by atoms with Crippen molar-refractivity contribution >= 4 is 17.5 Å². The quantitative estimate of drug-likeness (QED) is 0.749. The maximum Gasteiger partial charge on any atom is 0.253 e. The molecule has 0 heterocycles. The summed E-state index contributed by atoms with van der Waals surface area (Å²) < 4.78 is 5.70. The molecule has 0 spiro atoms. The molecular weight excluding hydrogens is 352 g/mol. The van der Waals surface area contributed by atoms with E-state index in [0.29, 0.717) is 11.3 Å². The van der Waals surface area contributed by atoms with Crippen LogP contribution in [0.2, 0.25) is 0 Å². The van der Waals surface area contributed by atoms with Crippen LogP contribution >= 0.6 is 0 Å². The molecule has 2 aromatic rings. The number of hydrogen-bond acceptors (Lipinski definition) is 3. The molecular formula is C23H28N2O3. The Kier molecular flexibility index (Phi) is 6.69. The molecule has 0 aliphatic heterocycles. The van der Waals surface area contributed by atoms with Crippen LogP contribution < -0.4 is 15.4 Å². The van der Waals surface area contributed by atoms with E-state index in [9.17, 15) is 9.59 Å². The lowest BCUT2D eigenvalue weighted by Gasteiger charge is -2.15. The second kappa shape index (κ2) is 9.40. The van der Waals surface area contributed by atoms with Gasteiger partial charge < -0.3 is 15.4 Å². The van der Waals surface area contributed by atoms with Gasteiger partial charge in [-0.1, -0.05) is 31.0 Å². The lowest BCUT2D eigenvalue weighted by atomic mass is 10.1. The van der Waals surface area contributed by atoms with Crippen molar-refractivity contribution in [1.29, 1.82) is 0 Å². The Hall–Kier alpha value is -2.82. The lowest BCUT2D eigenvalue weighted by molar-refractivity contribution is -0.116. The molecule has 0 aromatic heterocycles. The third kappa shape index (κ3) is 5.59. The largest absolute Gasteiger partial charge is 0.493 e. The molecule has 1 aliphatic carbocycles. The van der Waals surface area contributed by atoms with Crippen LogP contribution in [0.3, 0.4) is 0 Å². The Labute approximate surface area is 166 Å². The van der Waals surface area contributed by atoms with Gasteiger partial charge in [0.25, 0.3) is 5.91 Å². The van der Waals surface area contributed by atoms with Crippen LogP contribution in [0, 0.1) is 13.8 Å². The van der Waals surface area contributed by atoms with Gasteiger partial charge in [-0.3, -0.25) is 9.59 Å². The Morgan fingerprint density at radius 1 is 1.04 bits per heavy atom. The summed E-state index contributed by atoms with van der Waals surface area (Å²) in [6.07, 6.45) is 4.57. The highest BCUT2D eigenvalue weighted by Gasteiger charge is 2.20. The van der Waals surface area contributed by atoms with Crippen LogP contribution in [0.4, 0.5) is 5.69 Å². The molecule has 28 heavy (non-hydrogen) atoms. The van der Waals surface area contributed by atoms with Crippen LogP contribution in [0.15, 0.2) is 42.5 Å². The number of aryl methyl sites for hydroxylation is 2. The predicted octanol–water partition coefficient (Wildman–Crippen LogP) is 4.38. The van der Waals surface area contributed by atoms with E-state index in [1.54, 1.807) is 12.1 Å². The average Bonchev–Trinajstić information content (AvgIpc) is 3.14. The molecule has 5 nitrogen and oxygen atoms in total. The molecule has 1 fully saturated rings. The summed E-state index contributed by atoms with van der Waals surface area (Å²) in [5, 5.41) is 5.91. The van der Waals surface area contributed by atoms with E-state index in [4.69, 9.17) is 4.74 Å². The molecule has 2 N–H and O–H groups in total. The number of carbonyl (C=O) groups is 2. The van der Waals surface area contributed by atoms with Gasteiger partial charge in [0.1, 0.15) is 5.75 Å². The minimum Gasteiger partial charge on any atom is -0.493 e. The molecule has 0 atom stereocenters. The maximum atomic E-state index is 12.6. The van der Waals surface area contributed by atoms with Crippen LogP contribution in [-0.2, 0) is 4.79 Å². The zero-order chi connectivity index (χ0) is 19.9. The molecule has 148 valence electrons. The monoisotopic (exact) mass is 380 g/mol. The Morgan fingerprint density at radius 2 is 1.71 bits per heavy atom. The first-order valence-electron chi connectivity index (χ1n) is 9.92. The van der Waals surface area contributed by atoms with Crippen LogP contribution in [0.5, 0.6) is 5.75 Å². The van der Waals surface area contributed by atoms with Gasteiger partial charge in [0.05, 0.1) is 24.3 Å². The fourth-order valence-electron chi connectivity index (χ4n) is 3.61. The lowest BCUT2D eigenvalue weighted by Crippen LogP contribution is -2.33. The van der Waals surface area contributed by atoms with Crippen molar-refractivity contribution in [1.82, 2.24) is 5.32 Å². The standard InChI is InChI=1S/C23H28N2O3/c1-16-13-17(2)15-19(14-16)28-12-11-22(26)25-21-10-6-5-9-20(21)23(27)24-18-7-3-4-8-18/h5-6,9-10,13-15,18H,3-4,7-8,11-12H2,1-2H3,(H,24,27)(H,25,26). The summed E-state index contributed by atoms with van der Waals surface area (Å²) in [6, 6.07) is 13.3. The van der Waals surface area contributed by atoms with Crippen molar-refractivity contribution in [3.05, 3.63) is 59.2 Å². The van der Waals surface area contributed by atoms with Crippen molar-refractivity contribution in [2.24, 2.45) is 0 Å². The van der Waals surface area contributed by atoms with Crippen molar-refractivity contribution < 1.29 is 14.3 Å². The first-order valence-corrected chi connectivity index (χ1v) is 9.92. The molecule has 0 radical (unpaired) electrons. The molecule has 0 unspecified atom stereocenters. The number of hydrogen-bond donors (Lipinski definition) is 2. The van der Waals surface area contributed by atoms with Crippen LogP contribution in [0.25, 0.3) is 0 Å². The highest BCUT2D eigenvalue weighted by atomic mass is 16.5. The van der Waals surface area contributed by atoms with Gasteiger partial charge in [0.2, 0.25) is 5.91 Å². The number of rotatable bonds is 7. The summed E-state index contributed by atoms with van der Waals surface area (Å²) in [5.41, 5.74) is 3.29. The van der Waals surface area contributed by atoms with Crippen LogP contribution in [0.1, 0.15) is 53.6 Å². The highest BCUT2D eigenvalue weighted by molar-refractivity contribution is 6.03. The zero-order valence-corrected chi connectivity index (χ0v) is 16.6. The fourth-order valence-corrected chi connectivity index (χ4v) is 3.61. The van der Waals surface area contributed by atoms with Crippen LogP contribution in [-0.4, -0.2) is 24.5 Å². The van der Waals surface area contributed by atoms with E-state index >= 15 is 0 Å². The first kappa shape index (κ1) is 19.9. The number of ether oxygens (including phenoxy) is 1. The van der Waals surface area contributed by atoms with E-state index in [1.807, 2.05) is 38.1 Å². The van der Waals surface area contributed by atoms with Gasteiger partial charge in [-0.25, -0.2) is 0 Å². The zero-order valence-electron chi connectivity index (χ0n) is 16.6. The number of para-hydroxylation sites is 1. The smallest absolute Gasteiger partial charge is 0.253 e. The molecule has 1 aliphatic rings. The molecule has 2 amide bonds. The normalized spacial score (nSPS) is 13.9. The van der Waals surface area contributed by atoms with E-state index in [1.165, 1.54) is 0 Å². The summed E-state index contributed by atoms with van der Waals surface area (Å²) in [6.45, 7) is 4.31. The van der Waals surface area contributed by atoms with Gasteiger partial charge in [-0.15, -0.1) is 0 Å². The Morgan fingerprint density at radius 3 is 2.43 bits per heavy atom. The van der Waals surface area contributed by atoms with Gasteiger partial charge in [-0.2, -0.15) is 0 Å². The van der Waals surface area contributed by atoms with Gasteiger partial charge in [-0.05, 0) is 62.1 Å². The number of amides is 2. The van der Waals surface area contributed by atoms with Crippen molar-refractivity contribution in [3.8, 4) is 5.75 Å². The molecule has 0 bridgehead atoms. The number of anilines is 1. The molecule has 2 aromatic carbocycles. The Bertz CT molecular complexity index is 821. The first-order chi connectivity index (χ1) is 13.5. The summed E-state index contributed by atoms with van der Waals surface area (Å²) >= 11 is 0. The molecule has 5 heteroatoms. The number of carbonyl (C=O) groups excluding carboxylic acids is 2. The Balaban J connectivity index is 1.54. The summed E-state index contributed by atoms with van der Waals surface area (Å²) in [5.74, 6) is 0.460. The molecule has 3 rings (SSSR count). The second-order valence-electron chi connectivity index (χ2n) is 7.47. The fraction of sp³-hybridized carbons (Fsp3) is 0.391. The van der Waals surface area contributed by atoms with Crippen molar-refractivity contribution in [2.45, 2.75) is 52.0 Å². The minimum absolute atomic E-state index is 0.130. The highest BCUT2D eigenvalue weighted by Crippen LogP contribution is 2.21.